The molecule has 2 aromatic rings. The van der Waals surface area contributed by atoms with Crippen LogP contribution in [0, 0.1) is 11.8 Å². The van der Waals surface area contributed by atoms with Crippen LogP contribution >= 0.6 is 0 Å². The van der Waals surface area contributed by atoms with E-state index in [0.717, 1.165) is 5.56 Å². The zero-order valence-corrected chi connectivity index (χ0v) is 30.6. The maximum atomic E-state index is 14.9. The van der Waals surface area contributed by atoms with Crippen molar-refractivity contribution in [3.8, 4) is 0 Å². The number of carbonyl (C=O) groups is 4. The minimum atomic E-state index is -1.29. The van der Waals surface area contributed by atoms with Crippen LogP contribution in [-0.4, -0.2) is 99.1 Å². The van der Waals surface area contributed by atoms with Gasteiger partial charge in [-0.3, -0.25) is 19.2 Å². The molecule has 2 bridgehead atoms. The molecule has 0 unspecified atom stereocenters. The summed E-state index contributed by atoms with van der Waals surface area (Å²) in [6, 6.07) is 16.4. The van der Waals surface area contributed by atoms with E-state index in [0.29, 0.717) is 31.2 Å². The number of fused-ring (bicyclic) bond motifs is 1. The average Bonchev–Trinajstić information content (AvgIpc) is 3.77. The number of rotatable bonds is 15. The fraction of sp³-hybridized carbons (Fsp3) is 0.512. The monoisotopic (exact) mass is 699 g/mol. The average molecular weight is 700 g/mol. The first-order chi connectivity index (χ1) is 24.3. The van der Waals surface area contributed by atoms with Crippen molar-refractivity contribution in [1.82, 2.24) is 14.7 Å². The Hall–Kier alpha value is -4.28. The van der Waals surface area contributed by atoms with Crippen LogP contribution in [0.5, 0.6) is 0 Å². The van der Waals surface area contributed by atoms with E-state index in [9.17, 15) is 24.3 Å². The van der Waals surface area contributed by atoms with Crippen LogP contribution in [0.2, 0.25) is 0 Å². The van der Waals surface area contributed by atoms with Crippen LogP contribution in [0.15, 0.2) is 86.0 Å². The Morgan fingerprint density at radius 1 is 1.08 bits per heavy atom. The van der Waals surface area contributed by atoms with E-state index < -0.39 is 65.2 Å². The minimum absolute atomic E-state index is 0.110. The summed E-state index contributed by atoms with van der Waals surface area (Å²) in [4.78, 5) is 62.1. The first kappa shape index (κ1) is 38.0. The number of amides is 3. The Morgan fingerprint density at radius 3 is 2.31 bits per heavy atom. The second kappa shape index (κ2) is 15.5. The second-order valence-corrected chi connectivity index (χ2v) is 15.1. The van der Waals surface area contributed by atoms with Gasteiger partial charge in [-0.05, 0) is 64.5 Å². The molecule has 3 aliphatic rings. The van der Waals surface area contributed by atoms with Crippen molar-refractivity contribution in [3.63, 3.8) is 0 Å². The van der Waals surface area contributed by atoms with Crippen molar-refractivity contribution < 1.29 is 33.8 Å². The summed E-state index contributed by atoms with van der Waals surface area (Å²) < 4.78 is 13.1. The normalized spacial score (nSPS) is 25.5. The van der Waals surface area contributed by atoms with Crippen molar-refractivity contribution in [2.75, 3.05) is 20.2 Å². The lowest BCUT2D eigenvalue weighted by molar-refractivity contribution is -0.165. The molecule has 1 spiro atoms. The van der Waals surface area contributed by atoms with Crippen LogP contribution in [0.3, 0.4) is 0 Å². The smallest absolute Gasteiger partial charge is 0.313 e. The lowest BCUT2D eigenvalue weighted by Crippen LogP contribution is -2.61. The first-order valence-electron chi connectivity index (χ1n) is 18.0. The van der Waals surface area contributed by atoms with Gasteiger partial charge in [0.2, 0.25) is 17.7 Å². The first-order valence-corrected chi connectivity index (χ1v) is 18.0. The van der Waals surface area contributed by atoms with E-state index in [1.807, 2.05) is 88.4 Å². The van der Waals surface area contributed by atoms with Gasteiger partial charge < -0.3 is 29.3 Å². The third kappa shape index (κ3) is 7.26. The topological polar surface area (TPSA) is 117 Å². The Kier molecular flexibility index (Phi) is 11.6. The number of benzene rings is 2. The molecule has 1 N–H and O–H groups in total. The standard InChI is InChI=1S/C41H53N3O7/c1-8-10-21-32(46)42(7)27(3)35(29-19-15-12-16-20-29)50-39(49)33-31-22-23-41(51-31)34(33)37(47)44(30(26-45)25-28-17-13-11-14-18-28)36(41)38(48)43(24-9-2)40(4,5)6/h8-9,11-20,27,30-31,33-36,45H,1-2,10,21-26H2,3-7H3/t27-,30-,31-,33+,34+,35+,36-,41+/m1/s1. The predicted molar refractivity (Wildman–Crippen MR) is 194 cm³/mol. The van der Waals surface area contributed by atoms with Gasteiger partial charge in [-0.1, -0.05) is 72.8 Å². The van der Waals surface area contributed by atoms with E-state index >= 15 is 0 Å². The van der Waals surface area contributed by atoms with Gasteiger partial charge in [0.05, 0.1) is 36.6 Å². The summed E-state index contributed by atoms with van der Waals surface area (Å²) in [7, 11) is 1.69. The van der Waals surface area contributed by atoms with Crippen LogP contribution < -0.4 is 0 Å². The summed E-state index contributed by atoms with van der Waals surface area (Å²) >= 11 is 0. The molecule has 0 radical (unpaired) electrons. The number of nitrogens with zero attached hydrogens (tertiary/aromatic N) is 3. The Morgan fingerprint density at radius 2 is 1.73 bits per heavy atom. The van der Waals surface area contributed by atoms with Crippen molar-refractivity contribution >= 4 is 23.7 Å². The third-order valence-electron chi connectivity index (χ3n) is 10.9. The molecule has 0 saturated carbocycles. The van der Waals surface area contributed by atoms with Crippen molar-refractivity contribution in [1.29, 1.82) is 0 Å². The van der Waals surface area contributed by atoms with Crippen LogP contribution in [0.1, 0.15) is 70.6 Å². The van der Waals surface area contributed by atoms with Gasteiger partial charge in [0, 0.05) is 25.6 Å². The van der Waals surface area contributed by atoms with Gasteiger partial charge in [0.1, 0.15) is 17.7 Å². The number of aliphatic hydroxyl groups excluding tert-OH is 1. The zero-order chi connectivity index (χ0) is 37.1. The molecule has 3 amide bonds. The highest BCUT2D eigenvalue weighted by Gasteiger charge is 2.76. The number of carbonyl (C=O) groups excluding carboxylic acids is 4. The predicted octanol–water partition coefficient (Wildman–Crippen LogP) is 4.88. The van der Waals surface area contributed by atoms with Gasteiger partial charge in [-0.2, -0.15) is 0 Å². The molecule has 10 nitrogen and oxygen atoms in total. The lowest BCUT2D eigenvalue weighted by atomic mass is 9.70. The maximum absolute atomic E-state index is 14.9. The minimum Gasteiger partial charge on any atom is -0.455 e. The number of likely N-dealkylation sites (tertiary alicyclic amines) is 1. The fourth-order valence-corrected chi connectivity index (χ4v) is 8.26. The second-order valence-electron chi connectivity index (χ2n) is 15.1. The summed E-state index contributed by atoms with van der Waals surface area (Å²) in [5.41, 5.74) is -0.299. The largest absolute Gasteiger partial charge is 0.455 e. The number of likely N-dealkylation sites (N-methyl/N-ethyl adjacent to an activating group) is 1. The van der Waals surface area contributed by atoms with Crippen molar-refractivity contribution in [2.24, 2.45) is 11.8 Å². The van der Waals surface area contributed by atoms with E-state index in [-0.39, 0.29) is 31.4 Å². The fourth-order valence-electron chi connectivity index (χ4n) is 8.26. The summed E-state index contributed by atoms with van der Waals surface area (Å²) in [6.45, 7) is 15.1. The molecular formula is C41H53N3O7. The number of allylic oxidation sites excluding steroid dienone is 1. The van der Waals surface area contributed by atoms with Crippen LogP contribution in [0.25, 0.3) is 0 Å². The van der Waals surface area contributed by atoms with Gasteiger partial charge >= 0.3 is 5.97 Å². The van der Waals surface area contributed by atoms with Gasteiger partial charge in [-0.15, -0.1) is 13.2 Å². The van der Waals surface area contributed by atoms with E-state index in [2.05, 4.69) is 13.2 Å². The van der Waals surface area contributed by atoms with E-state index in [1.165, 1.54) is 4.90 Å². The molecule has 0 aromatic heterocycles. The highest BCUT2D eigenvalue weighted by Crippen LogP contribution is 2.59. The van der Waals surface area contributed by atoms with Gasteiger partial charge in [0.15, 0.2) is 0 Å². The number of esters is 1. The Balaban J connectivity index is 1.53. The molecular weight excluding hydrogens is 646 g/mol. The van der Waals surface area contributed by atoms with Gasteiger partial charge in [0.25, 0.3) is 0 Å². The summed E-state index contributed by atoms with van der Waals surface area (Å²) in [5.74, 6) is -3.41. The Labute approximate surface area is 302 Å². The quantitative estimate of drug-likeness (QED) is 0.208. The van der Waals surface area contributed by atoms with Crippen molar-refractivity contribution in [2.45, 2.75) is 101 Å². The molecule has 5 rings (SSSR count). The molecule has 3 aliphatic heterocycles. The zero-order valence-electron chi connectivity index (χ0n) is 30.6. The maximum Gasteiger partial charge on any atom is 0.313 e. The number of hydrogen-bond acceptors (Lipinski definition) is 7. The van der Waals surface area contributed by atoms with Gasteiger partial charge in [-0.25, -0.2) is 0 Å². The number of ether oxygens (including phenoxy) is 2. The molecule has 51 heavy (non-hydrogen) atoms. The highest BCUT2D eigenvalue weighted by molar-refractivity contribution is 5.98. The van der Waals surface area contributed by atoms with E-state index in [4.69, 9.17) is 9.47 Å². The molecule has 3 heterocycles. The highest BCUT2D eigenvalue weighted by atomic mass is 16.6. The van der Waals surface area contributed by atoms with E-state index in [1.54, 1.807) is 29.0 Å². The van der Waals surface area contributed by atoms with Crippen LogP contribution in [0.4, 0.5) is 0 Å². The molecule has 10 heteroatoms. The SMILES string of the molecule is C=CCCC(=O)N(C)[C@H](C)[C@H](OC(=O)[C@@H]1[C@H]2C(=O)N([C@@H](CO)Cc3ccccc3)[C@H](C(=O)N(CC=C)C(C)(C)C)[C@]23CC[C@H]1O3)c1ccccc1. The summed E-state index contributed by atoms with van der Waals surface area (Å²) in [6.07, 6.45) is 3.86. The van der Waals surface area contributed by atoms with Crippen molar-refractivity contribution in [3.05, 3.63) is 97.1 Å². The molecule has 3 fully saturated rings. The summed E-state index contributed by atoms with van der Waals surface area (Å²) in [5, 5.41) is 10.8. The van der Waals surface area contributed by atoms with Crippen LogP contribution in [-0.2, 0) is 35.1 Å². The third-order valence-corrected chi connectivity index (χ3v) is 10.9. The lowest BCUT2D eigenvalue weighted by Gasteiger charge is -2.43. The molecule has 2 aromatic carbocycles. The molecule has 274 valence electrons. The number of aliphatic hydroxyl groups is 1. The molecule has 3 saturated heterocycles. The molecule has 8 atom stereocenters. The Bertz CT molecular complexity index is 1590. The number of hydrogen-bond donors (Lipinski definition) is 1. The molecule has 0 aliphatic carbocycles.